The fourth-order valence-electron chi connectivity index (χ4n) is 2.80. The van der Waals surface area contributed by atoms with Gasteiger partial charge in [0.15, 0.2) is 6.61 Å². The second-order valence-corrected chi connectivity index (χ2v) is 5.50. The van der Waals surface area contributed by atoms with Crippen molar-refractivity contribution in [2.45, 2.75) is 45.6 Å². The molecule has 0 aliphatic heterocycles. The van der Waals surface area contributed by atoms with Gasteiger partial charge in [-0.05, 0) is 55.5 Å². The Morgan fingerprint density at radius 1 is 1.38 bits per heavy atom. The molecule has 4 heteroatoms. The lowest BCUT2D eigenvalue weighted by Crippen LogP contribution is -2.29. The second kappa shape index (κ2) is 8.03. The third-order valence-corrected chi connectivity index (χ3v) is 3.82. The van der Waals surface area contributed by atoms with Crippen molar-refractivity contribution in [1.29, 1.82) is 0 Å². The number of nitrogens with one attached hydrogen (secondary N) is 2. The molecule has 1 atom stereocenters. The number of rotatable bonds is 7. The van der Waals surface area contributed by atoms with Crippen molar-refractivity contribution in [2.75, 3.05) is 19.7 Å². The minimum atomic E-state index is -0.0555. The van der Waals surface area contributed by atoms with Crippen LogP contribution in [0.3, 0.4) is 0 Å². The normalized spacial score (nSPS) is 17.1. The number of amides is 1. The first-order valence-corrected chi connectivity index (χ1v) is 8.00. The minimum absolute atomic E-state index is 0.0555. The molecule has 4 nitrogen and oxygen atoms in total. The first-order chi connectivity index (χ1) is 10.2. The Morgan fingerprint density at radius 3 is 3.00 bits per heavy atom. The Labute approximate surface area is 127 Å². The lowest BCUT2D eigenvalue weighted by atomic mass is 9.87. The molecule has 0 radical (unpaired) electrons. The molecule has 1 aromatic carbocycles. The van der Waals surface area contributed by atoms with E-state index in [1.807, 2.05) is 13.0 Å². The van der Waals surface area contributed by atoms with E-state index in [9.17, 15) is 4.79 Å². The van der Waals surface area contributed by atoms with Crippen LogP contribution in [0.25, 0.3) is 0 Å². The summed E-state index contributed by atoms with van der Waals surface area (Å²) in [6.07, 6.45) is 4.43. The highest BCUT2D eigenvalue weighted by Gasteiger charge is 2.19. The third kappa shape index (κ3) is 4.46. The molecule has 0 spiro atoms. The first-order valence-electron chi connectivity index (χ1n) is 8.00. The van der Waals surface area contributed by atoms with Gasteiger partial charge < -0.3 is 15.4 Å². The Balaban J connectivity index is 1.95. The van der Waals surface area contributed by atoms with Crippen LogP contribution in [0.5, 0.6) is 5.75 Å². The van der Waals surface area contributed by atoms with E-state index < -0.39 is 0 Å². The fourth-order valence-corrected chi connectivity index (χ4v) is 2.80. The highest BCUT2D eigenvalue weighted by molar-refractivity contribution is 5.77. The summed E-state index contributed by atoms with van der Waals surface area (Å²) in [5.74, 6) is 0.734. The minimum Gasteiger partial charge on any atom is -0.484 e. The topological polar surface area (TPSA) is 50.4 Å². The number of fused-ring (bicyclic) bond motifs is 1. The molecule has 1 unspecified atom stereocenters. The molecule has 1 aliphatic carbocycles. The highest BCUT2D eigenvalue weighted by atomic mass is 16.5. The quantitative estimate of drug-likeness (QED) is 0.811. The summed E-state index contributed by atoms with van der Waals surface area (Å²) in [6, 6.07) is 6.66. The van der Waals surface area contributed by atoms with Crippen LogP contribution in [0.15, 0.2) is 18.2 Å². The monoisotopic (exact) mass is 290 g/mol. The molecule has 21 heavy (non-hydrogen) atoms. The molecule has 2 N–H and O–H groups in total. The average molecular weight is 290 g/mol. The predicted octanol–water partition coefficient (Wildman–Crippen LogP) is 2.58. The summed E-state index contributed by atoms with van der Waals surface area (Å²) in [5, 5.41) is 6.34. The van der Waals surface area contributed by atoms with Gasteiger partial charge in [-0.15, -0.1) is 0 Å². The van der Waals surface area contributed by atoms with E-state index in [-0.39, 0.29) is 12.5 Å². The van der Waals surface area contributed by atoms with E-state index in [1.165, 1.54) is 24.0 Å². The molecule has 0 fully saturated rings. The molecule has 2 rings (SSSR count). The molecule has 0 saturated carbocycles. The second-order valence-electron chi connectivity index (χ2n) is 5.50. The fraction of sp³-hybridized carbons (Fsp3) is 0.588. The van der Waals surface area contributed by atoms with Gasteiger partial charge in [-0.25, -0.2) is 0 Å². The third-order valence-electron chi connectivity index (χ3n) is 3.82. The molecule has 1 amide bonds. The van der Waals surface area contributed by atoms with Crippen molar-refractivity contribution in [3.63, 3.8) is 0 Å². The van der Waals surface area contributed by atoms with Crippen LogP contribution in [0.4, 0.5) is 0 Å². The highest BCUT2D eigenvalue weighted by Crippen LogP contribution is 2.32. The van der Waals surface area contributed by atoms with E-state index in [1.54, 1.807) is 0 Å². The van der Waals surface area contributed by atoms with Gasteiger partial charge in [0.25, 0.3) is 5.91 Å². The lowest BCUT2D eigenvalue weighted by Gasteiger charge is -2.26. The SMILES string of the molecule is CCCNC(=O)COc1ccc2c(c1)CCCC2NCC. The van der Waals surface area contributed by atoms with Gasteiger partial charge in [0.1, 0.15) is 5.75 Å². The van der Waals surface area contributed by atoms with Crippen LogP contribution in [0, 0.1) is 0 Å². The van der Waals surface area contributed by atoms with Crippen LogP contribution < -0.4 is 15.4 Å². The van der Waals surface area contributed by atoms with Crippen LogP contribution in [0.1, 0.15) is 50.3 Å². The Kier molecular flexibility index (Phi) is 6.05. The summed E-state index contributed by atoms with van der Waals surface area (Å²) in [7, 11) is 0. The number of carbonyl (C=O) groups is 1. The number of hydrogen-bond acceptors (Lipinski definition) is 3. The number of carbonyl (C=O) groups excluding carboxylic acids is 1. The zero-order valence-electron chi connectivity index (χ0n) is 13.1. The molecule has 0 saturated heterocycles. The summed E-state index contributed by atoms with van der Waals surface area (Å²) in [6.45, 7) is 5.96. The maximum absolute atomic E-state index is 11.6. The molecule has 116 valence electrons. The number of hydrogen-bond donors (Lipinski definition) is 2. The molecule has 0 bridgehead atoms. The zero-order chi connectivity index (χ0) is 15.1. The lowest BCUT2D eigenvalue weighted by molar-refractivity contribution is -0.123. The van der Waals surface area contributed by atoms with Crippen molar-refractivity contribution in [1.82, 2.24) is 10.6 Å². The molecule has 0 heterocycles. The Bertz CT molecular complexity index is 474. The van der Waals surface area contributed by atoms with Crippen LogP contribution in [0.2, 0.25) is 0 Å². The van der Waals surface area contributed by atoms with Crippen molar-refractivity contribution in [3.05, 3.63) is 29.3 Å². The van der Waals surface area contributed by atoms with Gasteiger partial charge in [-0.1, -0.05) is 19.9 Å². The molecular weight excluding hydrogens is 264 g/mol. The number of ether oxygens (including phenoxy) is 1. The van der Waals surface area contributed by atoms with E-state index in [0.29, 0.717) is 12.6 Å². The van der Waals surface area contributed by atoms with Gasteiger partial charge in [-0.3, -0.25) is 4.79 Å². The first kappa shape index (κ1) is 15.8. The van der Waals surface area contributed by atoms with E-state index in [4.69, 9.17) is 4.74 Å². The zero-order valence-corrected chi connectivity index (χ0v) is 13.1. The maximum Gasteiger partial charge on any atom is 0.257 e. The number of benzene rings is 1. The van der Waals surface area contributed by atoms with Crippen molar-refractivity contribution < 1.29 is 9.53 Å². The smallest absolute Gasteiger partial charge is 0.257 e. The summed E-state index contributed by atoms with van der Waals surface area (Å²) in [4.78, 5) is 11.6. The predicted molar refractivity (Wildman–Crippen MR) is 84.6 cm³/mol. The van der Waals surface area contributed by atoms with Gasteiger partial charge in [0.2, 0.25) is 0 Å². The van der Waals surface area contributed by atoms with Gasteiger partial charge in [-0.2, -0.15) is 0 Å². The van der Waals surface area contributed by atoms with E-state index >= 15 is 0 Å². The average Bonchev–Trinajstić information content (AvgIpc) is 2.51. The van der Waals surface area contributed by atoms with Crippen LogP contribution in [-0.2, 0) is 11.2 Å². The van der Waals surface area contributed by atoms with Gasteiger partial charge in [0, 0.05) is 12.6 Å². The van der Waals surface area contributed by atoms with Crippen molar-refractivity contribution in [3.8, 4) is 5.75 Å². The summed E-state index contributed by atoms with van der Waals surface area (Å²) in [5.41, 5.74) is 2.73. The standard InChI is InChI=1S/C17H26N2O2/c1-3-10-19-17(20)12-21-14-8-9-15-13(11-14)6-5-7-16(15)18-4-2/h8-9,11,16,18H,3-7,10,12H2,1-2H3,(H,19,20). The van der Waals surface area contributed by atoms with Crippen LogP contribution >= 0.6 is 0 Å². The summed E-state index contributed by atoms with van der Waals surface area (Å²) >= 11 is 0. The Morgan fingerprint density at radius 2 is 2.24 bits per heavy atom. The van der Waals surface area contributed by atoms with E-state index in [2.05, 4.69) is 29.7 Å². The van der Waals surface area contributed by atoms with Crippen molar-refractivity contribution in [2.24, 2.45) is 0 Å². The van der Waals surface area contributed by atoms with E-state index in [0.717, 1.165) is 25.1 Å². The maximum atomic E-state index is 11.6. The number of aryl methyl sites for hydroxylation is 1. The molecular formula is C17H26N2O2. The van der Waals surface area contributed by atoms with Crippen LogP contribution in [-0.4, -0.2) is 25.6 Å². The molecule has 1 aliphatic rings. The van der Waals surface area contributed by atoms with Gasteiger partial charge >= 0.3 is 0 Å². The van der Waals surface area contributed by atoms with Gasteiger partial charge in [0.05, 0.1) is 0 Å². The molecule has 1 aromatic rings. The Hall–Kier alpha value is -1.55. The van der Waals surface area contributed by atoms with Crippen molar-refractivity contribution >= 4 is 5.91 Å². The largest absolute Gasteiger partial charge is 0.484 e. The summed E-state index contributed by atoms with van der Waals surface area (Å²) < 4.78 is 5.59. The molecule has 0 aromatic heterocycles.